The van der Waals surface area contributed by atoms with E-state index < -0.39 is 0 Å². The lowest BCUT2D eigenvalue weighted by Crippen LogP contribution is -2.07. The predicted octanol–water partition coefficient (Wildman–Crippen LogP) is 4.33. The minimum atomic E-state index is -0.0183. The molecule has 0 aliphatic heterocycles. The van der Waals surface area contributed by atoms with Crippen molar-refractivity contribution in [1.29, 1.82) is 0 Å². The highest BCUT2D eigenvalue weighted by Gasteiger charge is 2.11. The monoisotopic (exact) mass is 280 g/mol. The first-order valence-corrected chi connectivity index (χ1v) is 7.65. The molecule has 21 heavy (non-hydrogen) atoms. The van der Waals surface area contributed by atoms with Crippen LogP contribution in [0, 0.1) is 5.92 Å². The molecule has 3 heteroatoms. The Morgan fingerprint density at radius 1 is 1.14 bits per heavy atom. The fourth-order valence-corrected chi connectivity index (χ4v) is 2.83. The number of carbonyl (C=O) groups excluding carboxylic acids is 1. The van der Waals surface area contributed by atoms with Crippen LogP contribution >= 0.6 is 0 Å². The molecule has 0 unspecified atom stereocenters. The summed E-state index contributed by atoms with van der Waals surface area (Å²) in [4.78, 5) is 16.5. The molecule has 3 rings (SSSR count). The number of imidazole rings is 1. The van der Waals surface area contributed by atoms with Gasteiger partial charge in [-0.05, 0) is 18.8 Å². The van der Waals surface area contributed by atoms with E-state index in [4.69, 9.17) is 0 Å². The van der Waals surface area contributed by atoms with Crippen LogP contribution in [0.5, 0.6) is 0 Å². The van der Waals surface area contributed by atoms with Crippen LogP contribution in [0.4, 0.5) is 0 Å². The zero-order valence-corrected chi connectivity index (χ0v) is 12.1. The first-order valence-electron chi connectivity index (χ1n) is 7.65. The third-order valence-electron chi connectivity index (χ3n) is 4.07. The summed E-state index contributed by atoms with van der Waals surface area (Å²) in [6.07, 6.45) is 13.5. The molecular formula is C18H20N2O. The number of benzene rings is 1. The molecule has 0 N–H and O–H groups in total. The first kappa shape index (κ1) is 13.8. The van der Waals surface area contributed by atoms with Crippen molar-refractivity contribution in [1.82, 2.24) is 9.55 Å². The zero-order chi connectivity index (χ0) is 14.5. The van der Waals surface area contributed by atoms with E-state index in [2.05, 4.69) is 11.1 Å². The maximum absolute atomic E-state index is 12.2. The summed E-state index contributed by atoms with van der Waals surface area (Å²) in [7, 11) is 0. The number of rotatable bonds is 3. The van der Waals surface area contributed by atoms with Crippen LogP contribution in [0.25, 0.3) is 11.3 Å². The molecule has 1 aromatic heterocycles. The Labute approximate surface area is 125 Å². The first-order chi connectivity index (χ1) is 10.3. The molecule has 0 bridgehead atoms. The van der Waals surface area contributed by atoms with Crippen molar-refractivity contribution in [3.05, 3.63) is 55.0 Å². The van der Waals surface area contributed by atoms with Gasteiger partial charge in [0.2, 0.25) is 0 Å². The largest absolute Gasteiger partial charge is 0.272 e. The third-order valence-corrected chi connectivity index (χ3v) is 4.07. The Kier molecular flexibility index (Phi) is 4.29. The van der Waals surface area contributed by atoms with Crippen molar-refractivity contribution < 1.29 is 4.79 Å². The van der Waals surface area contributed by atoms with E-state index in [-0.39, 0.29) is 5.91 Å². The fourth-order valence-electron chi connectivity index (χ4n) is 2.83. The normalized spacial score (nSPS) is 16.4. The summed E-state index contributed by atoms with van der Waals surface area (Å²) < 4.78 is 1.56. The van der Waals surface area contributed by atoms with Crippen molar-refractivity contribution in [3.63, 3.8) is 0 Å². The second-order valence-corrected chi connectivity index (χ2v) is 5.63. The van der Waals surface area contributed by atoms with Crippen LogP contribution in [-0.4, -0.2) is 15.5 Å². The van der Waals surface area contributed by atoms with Gasteiger partial charge in [0, 0.05) is 17.8 Å². The van der Waals surface area contributed by atoms with Gasteiger partial charge in [0.15, 0.2) is 0 Å². The molecule has 0 radical (unpaired) electrons. The quantitative estimate of drug-likeness (QED) is 0.784. The molecule has 1 fully saturated rings. The number of nitrogens with zero attached hydrogens (tertiary/aromatic N) is 2. The van der Waals surface area contributed by atoms with E-state index in [0.29, 0.717) is 5.92 Å². The molecule has 0 atom stereocenters. The van der Waals surface area contributed by atoms with Gasteiger partial charge in [0.1, 0.15) is 6.33 Å². The van der Waals surface area contributed by atoms with E-state index in [1.165, 1.54) is 32.1 Å². The minimum Gasteiger partial charge on any atom is -0.272 e. The smallest absolute Gasteiger partial charge is 0.255 e. The SMILES string of the molecule is O=C(/C=C/C1CCCCC1)n1cnc(-c2ccccc2)c1. The fraction of sp³-hybridized carbons (Fsp3) is 0.333. The number of aromatic nitrogens is 2. The lowest BCUT2D eigenvalue weighted by molar-refractivity contribution is 0.0968. The van der Waals surface area contributed by atoms with Crippen LogP contribution in [0.2, 0.25) is 0 Å². The van der Waals surface area contributed by atoms with E-state index in [9.17, 15) is 4.79 Å². The molecule has 0 saturated heterocycles. The second kappa shape index (κ2) is 6.53. The van der Waals surface area contributed by atoms with Gasteiger partial charge >= 0.3 is 0 Å². The van der Waals surface area contributed by atoms with Crippen LogP contribution < -0.4 is 0 Å². The molecule has 0 amide bonds. The Bertz CT molecular complexity index is 622. The number of carbonyl (C=O) groups is 1. The van der Waals surface area contributed by atoms with E-state index >= 15 is 0 Å². The number of hydrogen-bond donors (Lipinski definition) is 0. The van der Waals surface area contributed by atoms with Gasteiger partial charge in [-0.2, -0.15) is 0 Å². The van der Waals surface area contributed by atoms with E-state index in [1.54, 1.807) is 23.2 Å². The van der Waals surface area contributed by atoms with Crippen molar-refractivity contribution in [3.8, 4) is 11.3 Å². The predicted molar refractivity (Wildman–Crippen MR) is 84.0 cm³/mol. The molecule has 1 aliphatic rings. The van der Waals surface area contributed by atoms with E-state index in [0.717, 1.165) is 11.3 Å². The topological polar surface area (TPSA) is 34.9 Å². The van der Waals surface area contributed by atoms with Crippen molar-refractivity contribution >= 4 is 5.91 Å². The summed E-state index contributed by atoms with van der Waals surface area (Å²) >= 11 is 0. The van der Waals surface area contributed by atoms with Gasteiger partial charge in [-0.1, -0.05) is 55.7 Å². The standard InChI is InChI=1S/C18H20N2O/c21-18(12-11-15-7-3-1-4-8-15)20-13-17(19-14-20)16-9-5-2-6-10-16/h2,5-6,9-15H,1,3-4,7-8H2/b12-11+. The summed E-state index contributed by atoms with van der Waals surface area (Å²) in [5, 5.41) is 0. The molecule has 108 valence electrons. The van der Waals surface area contributed by atoms with Gasteiger partial charge in [0.25, 0.3) is 5.91 Å². The minimum absolute atomic E-state index is 0.0183. The van der Waals surface area contributed by atoms with Gasteiger partial charge in [-0.15, -0.1) is 0 Å². The van der Waals surface area contributed by atoms with Crippen molar-refractivity contribution in [2.45, 2.75) is 32.1 Å². The lowest BCUT2D eigenvalue weighted by Gasteiger charge is -2.17. The maximum atomic E-state index is 12.2. The Balaban J connectivity index is 1.68. The molecule has 1 saturated carbocycles. The summed E-state index contributed by atoms with van der Waals surface area (Å²) in [6, 6.07) is 9.90. The average Bonchev–Trinajstić information content (AvgIpc) is 3.04. The second-order valence-electron chi connectivity index (χ2n) is 5.63. The van der Waals surface area contributed by atoms with E-state index in [1.807, 2.05) is 30.3 Å². The highest BCUT2D eigenvalue weighted by atomic mass is 16.1. The molecule has 0 spiro atoms. The zero-order valence-electron chi connectivity index (χ0n) is 12.1. The van der Waals surface area contributed by atoms with Gasteiger partial charge in [-0.3, -0.25) is 9.36 Å². The molecule has 2 aromatic rings. The Morgan fingerprint density at radius 3 is 2.67 bits per heavy atom. The maximum Gasteiger partial charge on any atom is 0.255 e. The molecule has 1 aliphatic carbocycles. The van der Waals surface area contributed by atoms with Gasteiger partial charge < -0.3 is 0 Å². The van der Waals surface area contributed by atoms with Gasteiger partial charge in [-0.25, -0.2) is 4.98 Å². The van der Waals surface area contributed by atoms with Crippen LogP contribution in [0.1, 0.15) is 36.9 Å². The number of allylic oxidation sites excluding steroid dienone is 2. The molecular weight excluding hydrogens is 260 g/mol. The Morgan fingerprint density at radius 2 is 1.90 bits per heavy atom. The van der Waals surface area contributed by atoms with Crippen LogP contribution in [-0.2, 0) is 0 Å². The summed E-state index contributed by atoms with van der Waals surface area (Å²) in [5.74, 6) is 0.551. The van der Waals surface area contributed by atoms with Crippen LogP contribution in [0.3, 0.4) is 0 Å². The highest BCUT2D eigenvalue weighted by Crippen LogP contribution is 2.24. The van der Waals surface area contributed by atoms with Crippen LogP contribution in [0.15, 0.2) is 55.0 Å². The van der Waals surface area contributed by atoms with Crippen molar-refractivity contribution in [2.75, 3.05) is 0 Å². The summed E-state index contributed by atoms with van der Waals surface area (Å²) in [6.45, 7) is 0. The highest BCUT2D eigenvalue weighted by molar-refractivity contribution is 5.90. The third kappa shape index (κ3) is 3.48. The average molecular weight is 280 g/mol. The van der Waals surface area contributed by atoms with Crippen molar-refractivity contribution in [2.24, 2.45) is 5.92 Å². The number of hydrogen-bond acceptors (Lipinski definition) is 2. The Hall–Kier alpha value is -2.16. The molecule has 1 aromatic carbocycles. The van der Waals surface area contributed by atoms with Gasteiger partial charge in [0.05, 0.1) is 5.69 Å². The molecule has 1 heterocycles. The molecule has 3 nitrogen and oxygen atoms in total. The lowest BCUT2D eigenvalue weighted by atomic mass is 9.89. The summed E-state index contributed by atoms with van der Waals surface area (Å²) in [5.41, 5.74) is 1.86.